The van der Waals surface area contributed by atoms with Gasteiger partial charge in [0.2, 0.25) is 5.75 Å². The van der Waals surface area contributed by atoms with Gasteiger partial charge in [-0.15, -0.1) is 0 Å². The Balaban J connectivity index is 3.05. The summed E-state index contributed by atoms with van der Waals surface area (Å²) in [5, 5.41) is 9.98. The van der Waals surface area contributed by atoms with E-state index in [1.165, 1.54) is 12.3 Å². The van der Waals surface area contributed by atoms with Crippen molar-refractivity contribution in [2.75, 3.05) is 0 Å². The third kappa shape index (κ3) is 0.360. The van der Waals surface area contributed by atoms with Crippen molar-refractivity contribution >= 4 is 0 Å². The normalized spacial score (nSPS) is 8.67. The van der Waals surface area contributed by atoms with Crippen LogP contribution < -0.4 is 0 Å². The van der Waals surface area contributed by atoms with Crippen LogP contribution in [0.5, 0.6) is 5.75 Å². The summed E-state index contributed by atoms with van der Waals surface area (Å²) in [6.45, 7) is 0. The maximum Gasteiger partial charge on any atom is 0.216 e. The molecule has 2 heteroatoms. The van der Waals surface area contributed by atoms with Gasteiger partial charge in [0.25, 0.3) is 0 Å². The topological polar surface area (TPSA) is 33.0 Å². The summed E-state index contributed by atoms with van der Waals surface area (Å²) in [4.78, 5) is 0. The molecule has 0 aliphatic carbocycles. The highest BCUT2D eigenvalue weighted by Crippen LogP contribution is 2.05. The second-order valence-corrected chi connectivity index (χ2v) is 0.959. The van der Waals surface area contributed by atoms with Crippen LogP contribution in [0.15, 0.2) is 23.0 Å². The van der Waals surface area contributed by atoms with E-state index in [1.807, 2.05) is 0 Å². The van der Waals surface area contributed by atoms with Crippen molar-refractivity contribution < 1.29 is 9.52 Å². The van der Waals surface area contributed by atoms with Gasteiger partial charge in [0, 0.05) is 6.07 Å². The minimum atomic E-state index is -0.0741. The Morgan fingerprint density at radius 3 is 2.67 bits per heavy atom. The molecule has 0 aliphatic rings. The minimum Gasteiger partial charge on any atom is -0.468 e. The second kappa shape index (κ2) is 1.05. The maximum absolute atomic E-state index is 9.98. The molecule has 0 fully saturated rings. The molecule has 0 unspecified atom stereocenters. The molecule has 1 heterocycles. The lowest BCUT2D eigenvalue weighted by Crippen LogP contribution is -1.35. The van der Waals surface area contributed by atoms with Gasteiger partial charge in [-0.2, -0.15) is 0 Å². The van der Waals surface area contributed by atoms with E-state index in [4.69, 9.17) is 0 Å². The molecule has 6 heavy (non-hydrogen) atoms. The summed E-state index contributed by atoms with van der Waals surface area (Å²) >= 11 is 0. The van der Waals surface area contributed by atoms with Gasteiger partial charge >= 0.3 is 0 Å². The summed E-state index contributed by atoms with van der Waals surface area (Å²) in [6, 6.07) is 1.36. The Morgan fingerprint density at radius 2 is 2.50 bits per heavy atom. The Labute approximate surface area is 35.0 Å². The fourth-order valence-corrected chi connectivity index (χ4v) is 0.252. The first kappa shape index (κ1) is 3.28. The molecule has 0 spiro atoms. The average Bonchev–Trinajstić information content (AvgIpc) is 1.86. The number of rotatable bonds is 0. The predicted octanol–water partition coefficient (Wildman–Crippen LogP) is 1.42. The molecule has 0 aliphatic heterocycles. The monoisotopic (exact) mass is 83.0 g/mol. The Bertz CT molecular complexity index is 109. The van der Waals surface area contributed by atoms with Crippen LogP contribution in [0.1, 0.15) is 0 Å². The first-order valence-corrected chi connectivity index (χ1v) is 1.59. The van der Waals surface area contributed by atoms with E-state index in [2.05, 4.69) is 4.42 Å². The van der Waals surface area contributed by atoms with Crippen molar-refractivity contribution in [2.24, 2.45) is 0 Å². The van der Waals surface area contributed by atoms with Crippen molar-refractivity contribution in [1.82, 2.24) is 0 Å². The molecule has 1 aromatic rings. The number of hydrogen-bond acceptors (Lipinski definition) is 1. The molecule has 1 aromatic heterocycles. The van der Waals surface area contributed by atoms with Gasteiger partial charge in [-0.05, 0) is 0 Å². The first-order valence-electron chi connectivity index (χ1n) is 1.59. The Morgan fingerprint density at radius 1 is 1.67 bits per heavy atom. The molecular weight excluding hydrogens is 80.0 g/mol. The SMILES string of the molecule is [O]c1ccoc1. The molecule has 31 valence electrons. The molecule has 0 amide bonds. The molecule has 2 nitrogen and oxygen atoms in total. The predicted molar refractivity (Wildman–Crippen MR) is 18.8 cm³/mol. The summed E-state index contributed by atoms with van der Waals surface area (Å²) < 4.78 is 4.40. The van der Waals surface area contributed by atoms with E-state index >= 15 is 0 Å². The highest BCUT2D eigenvalue weighted by Gasteiger charge is 1.83. The fourth-order valence-electron chi connectivity index (χ4n) is 0.252. The minimum absolute atomic E-state index is 0.0741. The lowest BCUT2D eigenvalue weighted by Gasteiger charge is -1.58. The van der Waals surface area contributed by atoms with E-state index in [-0.39, 0.29) is 5.75 Å². The molecule has 0 N–H and O–H groups in total. The average molecular weight is 83.1 g/mol. The molecule has 1 rings (SSSR count). The summed E-state index contributed by atoms with van der Waals surface area (Å²) in [7, 11) is 0. The van der Waals surface area contributed by atoms with Crippen molar-refractivity contribution in [1.29, 1.82) is 0 Å². The summed E-state index contributed by atoms with van der Waals surface area (Å²) in [5.74, 6) is -0.0741. The van der Waals surface area contributed by atoms with E-state index in [9.17, 15) is 5.11 Å². The second-order valence-electron chi connectivity index (χ2n) is 0.959. The highest BCUT2D eigenvalue weighted by atomic mass is 16.3. The van der Waals surface area contributed by atoms with Gasteiger partial charge in [0.1, 0.15) is 6.26 Å². The van der Waals surface area contributed by atoms with Crippen molar-refractivity contribution in [2.45, 2.75) is 0 Å². The van der Waals surface area contributed by atoms with Crippen LogP contribution in [0.25, 0.3) is 0 Å². The van der Waals surface area contributed by atoms with E-state index in [0.717, 1.165) is 6.26 Å². The van der Waals surface area contributed by atoms with Gasteiger partial charge in [0.05, 0.1) is 6.26 Å². The van der Waals surface area contributed by atoms with Gasteiger partial charge in [-0.25, -0.2) is 0 Å². The Hall–Kier alpha value is -0.920. The highest BCUT2D eigenvalue weighted by molar-refractivity contribution is 5.08. The van der Waals surface area contributed by atoms with Crippen LogP contribution in [-0.2, 0) is 5.11 Å². The van der Waals surface area contributed by atoms with Crippen LogP contribution >= 0.6 is 0 Å². The largest absolute Gasteiger partial charge is 0.468 e. The quantitative estimate of drug-likeness (QED) is 0.467. The van der Waals surface area contributed by atoms with E-state index in [0.29, 0.717) is 0 Å². The molecule has 0 atom stereocenters. The van der Waals surface area contributed by atoms with Crippen LogP contribution in [0.3, 0.4) is 0 Å². The van der Waals surface area contributed by atoms with Gasteiger partial charge in [-0.1, -0.05) is 0 Å². The van der Waals surface area contributed by atoms with Crippen LogP contribution in [0.2, 0.25) is 0 Å². The molecule has 0 bridgehead atoms. The zero-order chi connectivity index (χ0) is 4.41. The Kier molecular flexibility index (Phi) is 0.572. The summed E-state index contributed by atoms with van der Waals surface area (Å²) in [6.07, 6.45) is 2.50. The van der Waals surface area contributed by atoms with Crippen molar-refractivity contribution in [3.63, 3.8) is 0 Å². The third-order valence-corrected chi connectivity index (χ3v) is 0.495. The molecule has 0 aromatic carbocycles. The van der Waals surface area contributed by atoms with Crippen molar-refractivity contribution in [3.05, 3.63) is 18.6 Å². The lowest BCUT2D eigenvalue weighted by molar-refractivity contribution is 0.348. The smallest absolute Gasteiger partial charge is 0.216 e. The number of hydrogen-bond donors (Lipinski definition) is 0. The molecular formula is C4H3O2. The van der Waals surface area contributed by atoms with Gasteiger partial charge < -0.3 is 4.42 Å². The molecule has 0 saturated heterocycles. The standard InChI is InChI=1S/C4H3O2/c5-4-1-2-6-3-4/h1-3H. The van der Waals surface area contributed by atoms with Crippen LogP contribution in [0, 0.1) is 0 Å². The zero-order valence-electron chi connectivity index (χ0n) is 3.05. The third-order valence-electron chi connectivity index (χ3n) is 0.495. The van der Waals surface area contributed by atoms with Gasteiger partial charge in [0.15, 0.2) is 0 Å². The fraction of sp³-hybridized carbons (Fsp3) is 0. The van der Waals surface area contributed by atoms with Crippen LogP contribution in [0.4, 0.5) is 0 Å². The van der Waals surface area contributed by atoms with E-state index in [1.54, 1.807) is 0 Å². The van der Waals surface area contributed by atoms with Crippen LogP contribution in [-0.4, -0.2) is 0 Å². The summed E-state index contributed by atoms with van der Waals surface area (Å²) in [5.41, 5.74) is 0. The van der Waals surface area contributed by atoms with Crippen molar-refractivity contribution in [3.8, 4) is 5.75 Å². The molecule has 1 radical (unpaired) electrons. The van der Waals surface area contributed by atoms with Gasteiger partial charge in [-0.3, -0.25) is 5.11 Å². The van der Waals surface area contributed by atoms with E-state index < -0.39 is 0 Å². The molecule has 0 saturated carbocycles. The number of furan rings is 1. The lowest BCUT2D eigenvalue weighted by atomic mass is 10.6. The maximum atomic E-state index is 9.98. The first-order chi connectivity index (χ1) is 2.89. The zero-order valence-corrected chi connectivity index (χ0v) is 3.05.